The van der Waals surface area contributed by atoms with E-state index in [9.17, 15) is 13.2 Å². The Balaban J connectivity index is 0.00000341. The molecule has 2 aromatic heterocycles. The number of nitrogens with one attached hydrogen (secondary N) is 1. The monoisotopic (exact) mass is 551 g/mol. The van der Waals surface area contributed by atoms with Gasteiger partial charge in [-0.1, -0.05) is 0 Å². The molecule has 0 atom stereocenters. The lowest BCUT2D eigenvalue weighted by Crippen LogP contribution is -2.52. The summed E-state index contributed by atoms with van der Waals surface area (Å²) in [6, 6.07) is 4.97. The molecule has 0 aromatic carbocycles. The number of piperazine rings is 1. The minimum Gasteiger partial charge on any atom is -0.468 e. The maximum Gasteiger partial charge on any atom is 0.422 e. The van der Waals surface area contributed by atoms with Crippen molar-refractivity contribution >= 4 is 35.9 Å². The summed E-state index contributed by atoms with van der Waals surface area (Å²) in [5.74, 6) is 1.39. The van der Waals surface area contributed by atoms with Gasteiger partial charge >= 0.3 is 6.18 Å². The Morgan fingerprint density at radius 2 is 1.84 bits per heavy atom. The van der Waals surface area contributed by atoms with Crippen LogP contribution in [0.15, 0.2) is 41.8 Å². The second kappa shape index (κ2) is 11.9. The Hall–Kier alpha value is -2.38. The van der Waals surface area contributed by atoms with Gasteiger partial charge in [0.15, 0.2) is 12.6 Å². The second-order valence-corrected chi connectivity index (χ2v) is 6.60. The number of guanidine groups is 1. The Bertz CT molecular complexity index is 831. The number of ether oxygens (including phenoxy) is 1. The third-order valence-electron chi connectivity index (χ3n) is 4.34. The van der Waals surface area contributed by atoms with Crippen LogP contribution < -0.4 is 15.0 Å². The van der Waals surface area contributed by atoms with Gasteiger partial charge in [-0.05, 0) is 24.6 Å². The average Bonchev–Trinajstić information content (AvgIpc) is 2.76. The Morgan fingerprint density at radius 1 is 1.13 bits per heavy atom. The molecule has 1 aliphatic rings. The number of hydrogen-bond donors (Lipinski definition) is 1. The molecule has 0 unspecified atom stereocenters. The Labute approximate surface area is 196 Å². The van der Waals surface area contributed by atoms with E-state index in [-0.39, 0.29) is 29.9 Å². The minimum absolute atomic E-state index is 0. The van der Waals surface area contributed by atoms with Crippen LogP contribution in [0.3, 0.4) is 0 Å². The van der Waals surface area contributed by atoms with Crippen LogP contribution in [0.5, 0.6) is 5.88 Å². The van der Waals surface area contributed by atoms with Crippen molar-refractivity contribution in [1.29, 1.82) is 0 Å². The van der Waals surface area contributed by atoms with E-state index >= 15 is 0 Å². The zero-order valence-electron chi connectivity index (χ0n) is 17.0. The number of halogens is 4. The van der Waals surface area contributed by atoms with Crippen molar-refractivity contribution in [1.82, 2.24) is 25.2 Å². The number of aliphatic imine (C=N–C) groups is 1. The fraction of sp³-hybridized carbons (Fsp3) is 0.474. The van der Waals surface area contributed by atoms with E-state index < -0.39 is 12.8 Å². The summed E-state index contributed by atoms with van der Waals surface area (Å²) in [4.78, 5) is 21.3. The summed E-state index contributed by atoms with van der Waals surface area (Å²) >= 11 is 0. The van der Waals surface area contributed by atoms with Gasteiger partial charge < -0.3 is 19.9 Å². The number of hydrogen-bond acceptors (Lipinski definition) is 6. The summed E-state index contributed by atoms with van der Waals surface area (Å²) in [5.41, 5.74) is 0.717. The number of rotatable bonds is 6. The van der Waals surface area contributed by atoms with Crippen molar-refractivity contribution in [3.63, 3.8) is 0 Å². The van der Waals surface area contributed by atoms with Crippen molar-refractivity contribution in [2.24, 2.45) is 4.99 Å². The predicted octanol–water partition coefficient (Wildman–Crippen LogP) is 2.72. The minimum atomic E-state index is -4.40. The molecule has 0 radical (unpaired) electrons. The molecule has 0 aliphatic carbocycles. The van der Waals surface area contributed by atoms with Crippen LogP contribution in [0, 0.1) is 0 Å². The van der Waals surface area contributed by atoms with E-state index in [2.05, 4.69) is 35.1 Å². The van der Waals surface area contributed by atoms with Crippen molar-refractivity contribution in [3.8, 4) is 5.88 Å². The van der Waals surface area contributed by atoms with E-state index in [1.165, 1.54) is 12.3 Å². The van der Waals surface area contributed by atoms with Gasteiger partial charge in [-0.25, -0.2) is 19.9 Å². The lowest BCUT2D eigenvalue weighted by molar-refractivity contribution is -0.154. The standard InChI is InChI=1S/C19H24F3N7O.HI/c1-2-23-17(28-8-10-29(11-9-28)18-25-5-3-6-26-18)27-13-15-4-7-24-16(12-15)30-14-19(20,21)22;/h3-7,12H,2,8-11,13-14H2,1H3,(H,23,27);1H. The van der Waals surface area contributed by atoms with Crippen LogP contribution in [0.2, 0.25) is 0 Å². The van der Waals surface area contributed by atoms with Gasteiger partial charge in [-0.3, -0.25) is 0 Å². The molecule has 1 fully saturated rings. The van der Waals surface area contributed by atoms with Gasteiger partial charge in [0, 0.05) is 57.4 Å². The van der Waals surface area contributed by atoms with Crippen LogP contribution in [0.25, 0.3) is 0 Å². The molecule has 0 spiro atoms. The largest absolute Gasteiger partial charge is 0.468 e. The molecular formula is C19H25F3IN7O. The molecule has 1 N–H and O–H groups in total. The lowest BCUT2D eigenvalue weighted by Gasteiger charge is -2.36. The fourth-order valence-corrected chi connectivity index (χ4v) is 2.95. The highest BCUT2D eigenvalue weighted by atomic mass is 127. The maximum absolute atomic E-state index is 12.3. The van der Waals surface area contributed by atoms with Crippen molar-refractivity contribution in [2.45, 2.75) is 19.6 Å². The molecule has 0 amide bonds. The molecule has 0 saturated carbocycles. The molecule has 2 aromatic rings. The summed E-state index contributed by atoms with van der Waals surface area (Å²) in [7, 11) is 0. The molecule has 31 heavy (non-hydrogen) atoms. The highest BCUT2D eigenvalue weighted by molar-refractivity contribution is 14.0. The number of anilines is 1. The summed E-state index contributed by atoms with van der Waals surface area (Å²) in [5, 5.41) is 3.27. The van der Waals surface area contributed by atoms with Crippen LogP contribution in [0.4, 0.5) is 19.1 Å². The van der Waals surface area contributed by atoms with Crippen LogP contribution in [-0.4, -0.2) is 71.3 Å². The fourth-order valence-electron chi connectivity index (χ4n) is 2.95. The van der Waals surface area contributed by atoms with E-state index in [0.717, 1.165) is 32.1 Å². The first-order valence-corrected chi connectivity index (χ1v) is 9.64. The third-order valence-corrected chi connectivity index (χ3v) is 4.34. The topological polar surface area (TPSA) is 78.8 Å². The normalized spacial score (nSPS) is 14.8. The number of pyridine rings is 1. The summed E-state index contributed by atoms with van der Waals surface area (Å²) in [6.45, 7) is 4.65. The quantitative estimate of drug-likeness (QED) is 0.336. The zero-order chi connectivity index (χ0) is 21.4. The zero-order valence-corrected chi connectivity index (χ0v) is 19.4. The summed E-state index contributed by atoms with van der Waals surface area (Å²) in [6.07, 6.45) is 0.465. The Kier molecular flexibility index (Phi) is 9.52. The van der Waals surface area contributed by atoms with Gasteiger partial charge in [-0.15, -0.1) is 24.0 Å². The SMILES string of the molecule is CCNC(=NCc1ccnc(OCC(F)(F)F)c1)N1CCN(c2ncccn2)CC1.I. The van der Waals surface area contributed by atoms with Gasteiger partial charge in [-0.2, -0.15) is 13.2 Å². The van der Waals surface area contributed by atoms with Crippen molar-refractivity contribution < 1.29 is 17.9 Å². The highest BCUT2D eigenvalue weighted by Gasteiger charge is 2.28. The van der Waals surface area contributed by atoms with Gasteiger partial charge in [0.05, 0.1) is 6.54 Å². The van der Waals surface area contributed by atoms with Crippen LogP contribution in [0.1, 0.15) is 12.5 Å². The van der Waals surface area contributed by atoms with E-state index in [1.54, 1.807) is 24.5 Å². The molecule has 3 heterocycles. The molecular weight excluding hydrogens is 526 g/mol. The number of nitrogens with zero attached hydrogens (tertiary/aromatic N) is 6. The van der Waals surface area contributed by atoms with E-state index in [1.807, 2.05) is 6.92 Å². The van der Waals surface area contributed by atoms with Crippen molar-refractivity contribution in [3.05, 3.63) is 42.4 Å². The molecule has 0 bridgehead atoms. The van der Waals surface area contributed by atoms with Gasteiger partial charge in [0.1, 0.15) is 0 Å². The maximum atomic E-state index is 12.3. The first-order valence-electron chi connectivity index (χ1n) is 9.64. The van der Waals surface area contributed by atoms with Crippen molar-refractivity contribution in [2.75, 3.05) is 44.2 Å². The smallest absolute Gasteiger partial charge is 0.422 e. The van der Waals surface area contributed by atoms with Crippen LogP contribution in [-0.2, 0) is 6.54 Å². The Morgan fingerprint density at radius 3 is 2.48 bits per heavy atom. The molecule has 3 rings (SSSR count). The number of alkyl halides is 3. The first-order chi connectivity index (χ1) is 14.4. The predicted molar refractivity (Wildman–Crippen MR) is 122 cm³/mol. The molecule has 170 valence electrons. The van der Waals surface area contributed by atoms with Gasteiger partial charge in [0.25, 0.3) is 0 Å². The lowest BCUT2D eigenvalue weighted by atomic mass is 10.2. The van der Waals surface area contributed by atoms with E-state index in [0.29, 0.717) is 24.6 Å². The van der Waals surface area contributed by atoms with E-state index in [4.69, 9.17) is 4.74 Å². The third kappa shape index (κ3) is 7.99. The average molecular weight is 551 g/mol. The number of aromatic nitrogens is 3. The molecule has 12 heteroatoms. The highest BCUT2D eigenvalue weighted by Crippen LogP contribution is 2.18. The second-order valence-electron chi connectivity index (χ2n) is 6.60. The first kappa shape index (κ1) is 24.9. The summed E-state index contributed by atoms with van der Waals surface area (Å²) < 4.78 is 41.7. The molecule has 1 saturated heterocycles. The molecule has 1 aliphatic heterocycles. The van der Waals surface area contributed by atoms with Crippen LogP contribution >= 0.6 is 24.0 Å². The molecule has 8 nitrogen and oxygen atoms in total. The van der Waals surface area contributed by atoms with Gasteiger partial charge in [0.2, 0.25) is 11.8 Å².